The minimum Gasteiger partial charge on any atom is -0.496 e. The Morgan fingerprint density at radius 1 is 0.882 bits per heavy atom. The van der Waals surface area contributed by atoms with E-state index in [2.05, 4.69) is 17.4 Å². The van der Waals surface area contributed by atoms with Gasteiger partial charge in [-0.25, -0.2) is 0 Å². The first kappa shape index (κ1) is 23.4. The Kier molecular flexibility index (Phi) is 7.51. The van der Waals surface area contributed by atoms with Crippen molar-refractivity contribution in [1.29, 1.82) is 0 Å². The summed E-state index contributed by atoms with van der Waals surface area (Å²) in [6, 6.07) is 30.8. The first-order valence-corrected chi connectivity index (χ1v) is 11.4. The van der Waals surface area contributed by atoms with Gasteiger partial charge in [-0.1, -0.05) is 66.2 Å². The Hall–Kier alpha value is -3.76. The van der Waals surface area contributed by atoms with Crippen LogP contribution in [0, 0.1) is 0 Å². The number of amides is 1. The maximum absolute atomic E-state index is 12.9. The number of methoxy groups -OCH3 is 1. The van der Waals surface area contributed by atoms with Crippen LogP contribution in [-0.2, 0) is 6.61 Å². The van der Waals surface area contributed by atoms with Crippen molar-refractivity contribution in [3.8, 4) is 22.6 Å². The molecule has 0 aromatic heterocycles. The first-order valence-electron chi connectivity index (χ1n) is 11.0. The molecule has 0 fully saturated rings. The van der Waals surface area contributed by atoms with Crippen LogP contribution in [0.3, 0.4) is 0 Å². The summed E-state index contributed by atoms with van der Waals surface area (Å²) in [5.41, 5.74) is 4.59. The maximum atomic E-state index is 12.9. The average Bonchev–Trinajstić information content (AvgIpc) is 2.88. The molecule has 1 amide bonds. The highest BCUT2D eigenvalue weighted by atomic mass is 35.5. The molecule has 0 aliphatic heterocycles. The van der Waals surface area contributed by atoms with Crippen molar-refractivity contribution in [2.75, 3.05) is 7.11 Å². The van der Waals surface area contributed by atoms with Crippen molar-refractivity contribution in [1.82, 2.24) is 5.32 Å². The van der Waals surface area contributed by atoms with Crippen LogP contribution in [0.2, 0.25) is 5.02 Å². The van der Waals surface area contributed by atoms with Gasteiger partial charge in [0.25, 0.3) is 5.91 Å². The van der Waals surface area contributed by atoms with Gasteiger partial charge in [0.1, 0.15) is 18.1 Å². The van der Waals surface area contributed by atoms with Crippen LogP contribution in [-0.4, -0.2) is 13.0 Å². The molecular weight excluding hydrogens is 446 g/mol. The highest BCUT2D eigenvalue weighted by Gasteiger charge is 2.14. The van der Waals surface area contributed by atoms with Crippen molar-refractivity contribution in [3.05, 3.63) is 119 Å². The van der Waals surface area contributed by atoms with E-state index in [0.29, 0.717) is 16.3 Å². The number of nitrogens with one attached hydrogen (secondary N) is 1. The summed E-state index contributed by atoms with van der Waals surface area (Å²) in [7, 11) is 1.61. The lowest BCUT2D eigenvalue weighted by atomic mass is 10.1. The number of halogens is 1. The molecule has 34 heavy (non-hydrogen) atoms. The van der Waals surface area contributed by atoms with E-state index in [-0.39, 0.29) is 18.6 Å². The van der Waals surface area contributed by atoms with E-state index >= 15 is 0 Å². The second-order valence-electron chi connectivity index (χ2n) is 7.95. The normalized spacial score (nSPS) is 11.5. The molecule has 0 heterocycles. The fourth-order valence-corrected chi connectivity index (χ4v) is 3.81. The van der Waals surface area contributed by atoms with Crippen molar-refractivity contribution in [3.63, 3.8) is 0 Å². The number of carbonyl (C=O) groups is 1. The van der Waals surface area contributed by atoms with Crippen molar-refractivity contribution < 1.29 is 14.3 Å². The molecule has 0 radical (unpaired) electrons. The van der Waals surface area contributed by atoms with Gasteiger partial charge in [-0.3, -0.25) is 4.79 Å². The minimum atomic E-state index is -0.168. The molecule has 1 unspecified atom stereocenters. The van der Waals surface area contributed by atoms with Gasteiger partial charge >= 0.3 is 0 Å². The van der Waals surface area contributed by atoms with Crippen molar-refractivity contribution in [2.24, 2.45) is 0 Å². The van der Waals surface area contributed by atoms with Gasteiger partial charge in [-0.05, 0) is 66.1 Å². The Morgan fingerprint density at radius 3 is 2.24 bits per heavy atom. The molecule has 1 N–H and O–H groups in total. The maximum Gasteiger partial charge on any atom is 0.251 e. The van der Waals surface area contributed by atoms with Crippen LogP contribution < -0.4 is 14.8 Å². The minimum absolute atomic E-state index is 0.158. The zero-order valence-electron chi connectivity index (χ0n) is 19.1. The largest absolute Gasteiger partial charge is 0.496 e. The molecule has 1 atom stereocenters. The number of hydrogen-bond donors (Lipinski definition) is 1. The first-order chi connectivity index (χ1) is 16.5. The zero-order valence-corrected chi connectivity index (χ0v) is 19.9. The van der Waals surface area contributed by atoms with Gasteiger partial charge in [-0.15, -0.1) is 0 Å². The number of hydrogen-bond acceptors (Lipinski definition) is 3. The molecule has 0 aliphatic rings. The molecular formula is C29H26ClNO3. The van der Waals surface area contributed by atoms with Gasteiger partial charge in [0.2, 0.25) is 0 Å². The van der Waals surface area contributed by atoms with Gasteiger partial charge in [0.15, 0.2) is 0 Å². The van der Waals surface area contributed by atoms with Crippen molar-refractivity contribution >= 4 is 17.5 Å². The van der Waals surface area contributed by atoms with Crippen LogP contribution in [0.4, 0.5) is 0 Å². The number of carbonyl (C=O) groups excluding carboxylic acids is 1. The van der Waals surface area contributed by atoms with Crippen LogP contribution in [0.15, 0.2) is 97.1 Å². The SMILES string of the molecule is COc1ccc(C(=O)NC(C)c2ccc(Cl)cc2)cc1COc1ccc(-c2ccccc2)cc1. The third-order valence-electron chi connectivity index (χ3n) is 5.62. The summed E-state index contributed by atoms with van der Waals surface area (Å²) < 4.78 is 11.5. The molecule has 0 bridgehead atoms. The fourth-order valence-electron chi connectivity index (χ4n) is 3.68. The van der Waals surface area contributed by atoms with E-state index in [1.165, 1.54) is 0 Å². The molecule has 5 heteroatoms. The van der Waals surface area contributed by atoms with Crippen molar-refractivity contribution in [2.45, 2.75) is 19.6 Å². The summed E-state index contributed by atoms with van der Waals surface area (Å²) in [5.74, 6) is 1.25. The van der Waals surface area contributed by atoms with Crippen LogP contribution in [0.1, 0.15) is 34.5 Å². The van der Waals surface area contributed by atoms with Gasteiger partial charge in [-0.2, -0.15) is 0 Å². The highest BCUT2D eigenvalue weighted by Crippen LogP contribution is 2.25. The Balaban J connectivity index is 1.43. The van der Waals surface area contributed by atoms with E-state index in [4.69, 9.17) is 21.1 Å². The van der Waals surface area contributed by atoms with Gasteiger partial charge < -0.3 is 14.8 Å². The third kappa shape index (κ3) is 5.77. The van der Waals surface area contributed by atoms with Crippen LogP contribution in [0.25, 0.3) is 11.1 Å². The number of rotatable bonds is 8. The lowest BCUT2D eigenvalue weighted by molar-refractivity contribution is 0.0939. The van der Waals surface area contributed by atoms with Gasteiger partial charge in [0.05, 0.1) is 13.2 Å². The summed E-state index contributed by atoms with van der Waals surface area (Å²) in [5, 5.41) is 3.69. The monoisotopic (exact) mass is 471 g/mol. The lowest BCUT2D eigenvalue weighted by Crippen LogP contribution is -2.26. The zero-order chi connectivity index (χ0) is 23.9. The predicted molar refractivity (Wildman–Crippen MR) is 137 cm³/mol. The Morgan fingerprint density at radius 2 is 1.56 bits per heavy atom. The molecule has 0 spiro atoms. The molecule has 4 aromatic rings. The van der Waals surface area contributed by atoms with E-state index in [9.17, 15) is 4.79 Å². The molecule has 4 nitrogen and oxygen atoms in total. The molecule has 0 aliphatic carbocycles. The number of ether oxygens (including phenoxy) is 2. The topological polar surface area (TPSA) is 47.6 Å². The van der Waals surface area contributed by atoms with E-state index in [1.54, 1.807) is 25.3 Å². The Bertz CT molecular complexity index is 1240. The second-order valence-corrected chi connectivity index (χ2v) is 8.39. The van der Waals surface area contributed by atoms with Crippen LogP contribution >= 0.6 is 11.6 Å². The van der Waals surface area contributed by atoms with E-state index < -0.39 is 0 Å². The smallest absolute Gasteiger partial charge is 0.251 e. The average molecular weight is 472 g/mol. The second kappa shape index (κ2) is 10.9. The third-order valence-corrected chi connectivity index (χ3v) is 5.87. The lowest BCUT2D eigenvalue weighted by Gasteiger charge is -2.16. The molecule has 172 valence electrons. The quantitative estimate of drug-likeness (QED) is 0.298. The summed E-state index contributed by atoms with van der Waals surface area (Å²) in [4.78, 5) is 12.9. The molecule has 0 saturated carbocycles. The summed E-state index contributed by atoms with van der Waals surface area (Å²) >= 11 is 5.96. The van der Waals surface area contributed by atoms with E-state index in [1.807, 2.05) is 73.7 Å². The van der Waals surface area contributed by atoms with E-state index in [0.717, 1.165) is 28.0 Å². The fraction of sp³-hybridized carbons (Fsp3) is 0.138. The highest BCUT2D eigenvalue weighted by molar-refractivity contribution is 6.30. The van der Waals surface area contributed by atoms with Crippen LogP contribution in [0.5, 0.6) is 11.5 Å². The standard InChI is InChI=1S/C29H26ClNO3/c1-20(21-8-13-26(30)14-9-21)31-29(32)24-12-17-28(33-2)25(18-24)19-34-27-15-10-23(11-16-27)22-6-4-3-5-7-22/h3-18,20H,19H2,1-2H3,(H,31,32). The van der Waals surface area contributed by atoms with Gasteiger partial charge in [0, 0.05) is 16.1 Å². The molecule has 4 aromatic carbocycles. The predicted octanol–water partition coefficient (Wildman–Crippen LogP) is 7.09. The number of benzene rings is 4. The molecule has 4 rings (SSSR count). The Labute approximate surface area is 205 Å². The summed E-state index contributed by atoms with van der Waals surface area (Å²) in [6.07, 6.45) is 0. The summed E-state index contributed by atoms with van der Waals surface area (Å²) in [6.45, 7) is 2.22. The molecule has 0 saturated heterocycles.